The van der Waals surface area contributed by atoms with Crippen LogP contribution in [0.2, 0.25) is 0 Å². The molecule has 0 amide bonds. The van der Waals surface area contributed by atoms with Crippen molar-refractivity contribution in [2.45, 2.75) is 13.8 Å². The maximum Gasteiger partial charge on any atom is 0.313 e. The molecule has 14 heavy (non-hydrogen) atoms. The Hall–Kier alpha value is -1.22. The molecule has 0 saturated heterocycles. The maximum atomic E-state index is 11.1. The van der Waals surface area contributed by atoms with Crippen LogP contribution in [0.5, 0.6) is 5.75 Å². The van der Waals surface area contributed by atoms with E-state index in [0.29, 0.717) is 11.4 Å². The summed E-state index contributed by atoms with van der Waals surface area (Å²) in [5.74, 6) is 0.190. The van der Waals surface area contributed by atoms with Crippen LogP contribution in [0.4, 0.5) is 5.69 Å². The number of benzene rings is 1. The van der Waals surface area contributed by atoms with Crippen molar-refractivity contribution in [2.24, 2.45) is 5.92 Å². The van der Waals surface area contributed by atoms with Crippen LogP contribution in [0.3, 0.4) is 0 Å². The van der Waals surface area contributed by atoms with Crippen molar-refractivity contribution in [1.82, 2.24) is 0 Å². The lowest BCUT2D eigenvalue weighted by atomic mass is 10.2. The van der Waals surface area contributed by atoms with E-state index in [4.69, 9.17) is 10.5 Å². The molecule has 0 saturated carbocycles. The van der Waals surface area contributed by atoms with Gasteiger partial charge in [0, 0.05) is 5.69 Å². The fourth-order valence-electron chi connectivity index (χ4n) is 0.770. The van der Waals surface area contributed by atoms with E-state index in [2.05, 4.69) is 0 Å². The lowest BCUT2D eigenvalue weighted by molar-refractivity contribution is -0.137. The van der Waals surface area contributed by atoms with Crippen LogP contribution in [0.15, 0.2) is 24.3 Å². The molecule has 0 aromatic heterocycles. The van der Waals surface area contributed by atoms with Crippen molar-refractivity contribution in [3.05, 3.63) is 24.3 Å². The first-order valence-corrected chi connectivity index (χ1v) is 4.17. The molecule has 0 aliphatic carbocycles. The van der Waals surface area contributed by atoms with Gasteiger partial charge in [0.05, 0.1) is 5.92 Å². The number of ether oxygens (including phenoxy) is 1. The van der Waals surface area contributed by atoms with Gasteiger partial charge in [0.2, 0.25) is 0 Å². The summed E-state index contributed by atoms with van der Waals surface area (Å²) in [5, 5.41) is 0. The molecule has 3 nitrogen and oxygen atoms in total. The monoisotopic (exact) mass is 215 g/mol. The van der Waals surface area contributed by atoms with Crippen molar-refractivity contribution < 1.29 is 9.53 Å². The van der Waals surface area contributed by atoms with E-state index in [0.717, 1.165) is 0 Å². The lowest BCUT2D eigenvalue weighted by Crippen LogP contribution is -2.14. The van der Waals surface area contributed by atoms with E-state index in [1.54, 1.807) is 38.1 Å². The summed E-state index contributed by atoms with van der Waals surface area (Å²) < 4.78 is 5.04. The van der Waals surface area contributed by atoms with E-state index in [-0.39, 0.29) is 24.3 Å². The molecule has 0 unspecified atom stereocenters. The standard InChI is InChI=1S/C10H13NO2.ClH/c1-7(2)10(12)13-9-5-3-8(11)4-6-9;/h3-7H,11H2,1-2H3;1H. The van der Waals surface area contributed by atoms with Gasteiger partial charge in [-0.1, -0.05) is 13.8 Å². The molecule has 0 atom stereocenters. The maximum absolute atomic E-state index is 11.1. The Balaban J connectivity index is 0.00000169. The Labute approximate surface area is 89.7 Å². The first-order valence-electron chi connectivity index (χ1n) is 4.17. The van der Waals surface area contributed by atoms with E-state index in [1.165, 1.54) is 0 Å². The molecule has 4 heteroatoms. The average Bonchev–Trinajstić information content (AvgIpc) is 2.08. The predicted molar refractivity (Wildman–Crippen MR) is 58.6 cm³/mol. The smallest absolute Gasteiger partial charge is 0.313 e. The van der Waals surface area contributed by atoms with Crippen LogP contribution in [0.1, 0.15) is 13.8 Å². The number of carbonyl (C=O) groups excluding carboxylic acids is 1. The van der Waals surface area contributed by atoms with Gasteiger partial charge < -0.3 is 10.5 Å². The summed E-state index contributed by atoms with van der Waals surface area (Å²) in [6.45, 7) is 3.58. The zero-order valence-electron chi connectivity index (χ0n) is 8.19. The molecule has 1 rings (SSSR count). The largest absolute Gasteiger partial charge is 0.426 e. The second-order valence-corrected chi connectivity index (χ2v) is 3.14. The van der Waals surface area contributed by atoms with Crippen molar-refractivity contribution >= 4 is 24.1 Å². The number of esters is 1. The molecule has 0 aliphatic heterocycles. The zero-order chi connectivity index (χ0) is 9.84. The highest BCUT2D eigenvalue weighted by Crippen LogP contribution is 2.14. The highest BCUT2D eigenvalue weighted by atomic mass is 35.5. The Morgan fingerprint density at radius 2 is 1.79 bits per heavy atom. The summed E-state index contributed by atoms with van der Waals surface area (Å²) in [5.41, 5.74) is 6.13. The number of nitrogens with two attached hydrogens (primary N) is 1. The molecule has 2 N–H and O–H groups in total. The summed E-state index contributed by atoms with van der Waals surface area (Å²) in [6, 6.07) is 6.75. The van der Waals surface area contributed by atoms with E-state index < -0.39 is 0 Å². The molecular formula is C10H14ClNO2. The number of halogens is 1. The molecule has 0 radical (unpaired) electrons. The van der Waals surface area contributed by atoms with Crippen LogP contribution in [0, 0.1) is 5.92 Å². The summed E-state index contributed by atoms with van der Waals surface area (Å²) in [7, 11) is 0. The third kappa shape index (κ3) is 3.66. The van der Waals surface area contributed by atoms with Gasteiger partial charge in [-0.15, -0.1) is 12.4 Å². The van der Waals surface area contributed by atoms with Crippen LogP contribution >= 0.6 is 12.4 Å². The number of hydrogen-bond acceptors (Lipinski definition) is 3. The number of rotatable bonds is 2. The van der Waals surface area contributed by atoms with E-state index >= 15 is 0 Å². The molecule has 78 valence electrons. The predicted octanol–water partition coefficient (Wildman–Crippen LogP) is 2.25. The highest BCUT2D eigenvalue weighted by molar-refractivity contribution is 5.85. The number of anilines is 1. The van der Waals surface area contributed by atoms with Crippen molar-refractivity contribution in [2.75, 3.05) is 5.73 Å². The van der Waals surface area contributed by atoms with Gasteiger partial charge in [-0.2, -0.15) is 0 Å². The van der Waals surface area contributed by atoms with Crippen LogP contribution < -0.4 is 10.5 Å². The molecule has 0 aliphatic rings. The van der Waals surface area contributed by atoms with Crippen molar-refractivity contribution in [3.63, 3.8) is 0 Å². The minimum Gasteiger partial charge on any atom is -0.426 e. The van der Waals surface area contributed by atoms with Crippen molar-refractivity contribution in [3.8, 4) is 5.75 Å². The first kappa shape index (κ1) is 12.8. The Bertz CT molecular complexity index is 295. The molecule has 1 aromatic rings. The first-order chi connectivity index (χ1) is 6.09. The van der Waals surface area contributed by atoms with E-state index in [1.807, 2.05) is 0 Å². The SMILES string of the molecule is CC(C)C(=O)Oc1ccc(N)cc1.Cl. The Morgan fingerprint density at radius 3 is 2.21 bits per heavy atom. The molecule has 0 spiro atoms. The number of nitrogen functional groups attached to an aromatic ring is 1. The van der Waals surface area contributed by atoms with Gasteiger partial charge >= 0.3 is 5.97 Å². The fraction of sp³-hybridized carbons (Fsp3) is 0.300. The number of hydrogen-bond donors (Lipinski definition) is 1. The van der Waals surface area contributed by atoms with Gasteiger partial charge in [-0.3, -0.25) is 4.79 Å². The minimum absolute atomic E-state index is 0. The van der Waals surface area contributed by atoms with Gasteiger partial charge in [0.25, 0.3) is 0 Å². The second kappa shape index (κ2) is 5.50. The third-order valence-corrected chi connectivity index (χ3v) is 1.57. The van der Waals surface area contributed by atoms with Crippen molar-refractivity contribution in [1.29, 1.82) is 0 Å². The van der Waals surface area contributed by atoms with Crippen LogP contribution in [-0.2, 0) is 4.79 Å². The van der Waals surface area contributed by atoms with Gasteiger partial charge in [-0.25, -0.2) is 0 Å². The third-order valence-electron chi connectivity index (χ3n) is 1.57. The zero-order valence-corrected chi connectivity index (χ0v) is 9.01. The quantitative estimate of drug-likeness (QED) is 0.468. The molecule has 0 heterocycles. The topological polar surface area (TPSA) is 52.3 Å². The lowest BCUT2D eigenvalue weighted by Gasteiger charge is -2.06. The molecular weight excluding hydrogens is 202 g/mol. The van der Waals surface area contributed by atoms with Gasteiger partial charge in [0.15, 0.2) is 0 Å². The summed E-state index contributed by atoms with van der Waals surface area (Å²) in [4.78, 5) is 11.1. The van der Waals surface area contributed by atoms with E-state index in [9.17, 15) is 4.79 Å². The fourth-order valence-corrected chi connectivity index (χ4v) is 0.770. The second-order valence-electron chi connectivity index (χ2n) is 3.14. The van der Waals surface area contributed by atoms with Gasteiger partial charge in [-0.05, 0) is 24.3 Å². The average molecular weight is 216 g/mol. The van der Waals surface area contributed by atoms with Gasteiger partial charge in [0.1, 0.15) is 5.75 Å². The normalized spacial score (nSPS) is 9.36. The summed E-state index contributed by atoms with van der Waals surface area (Å²) >= 11 is 0. The number of carbonyl (C=O) groups is 1. The summed E-state index contributed by atoms with van der Waals surface area (Å²) in [6.07, 6.45) is 0. The van der Waals surface area contributed by atoms with Crippen LogP contribution in [-0.4, -0.2) is 5.97 Å². The molecule has 0 fully saturated rings. The Kier molecular flexibility index (Phi) is 5.02. The highest BCUT2D eigenvalue weighted by Gasteiger charge is 2.08. The molecule has 0 bridgehead atoms. The Morgan fingerprint density at radius 1 is 1.29 bits per heavy atom. The minimum atomic E-state index is -0.232. The molecule has 1 aromatic carbocycles. The van der Waals surface area contributed by atoms with Crippen LogP contribution in [0.25, 0.3) is 0 Å².